The number of amides is 1. The molecule has 1 saturated carbocycles. The fourth-order valence-corrected chi connectivity index (χ4v) is 5.13. The molecule has 2 aliphatic rings. The van der Waals surface area contributed by atoms with Crippen LogP contribution in [0.1, 0.15) is 54.5 Å². The lowest BCUT2D eigenvalue weighted by molar-refractivity contribution is 0.0670. The normalized spacial score (nSPS) is 18.8. The van der Waals surface area contributed by atoms with E-state index in [1.165, 1.54) is 12.8 Å². The summed E-state index contributed by atoms with van der Waals surface area (Å²) in [5.74, 6) is 2.49. The van der Waals surface area contributed by atoms with Gasteiger partial charge in [0, 0.05) is 44.0 Å². The van der Waals surface area contributed by atoms with Crippen molar-refractivity contribution in [3.8, 4) is 11.3 Å². The minimum absolute atomic E-state index is 0.163. The predicted octanol–water partition coefficient (Wildman–Crippen LogP) is 4.58. The van der Waals surface area contributed by atoms with E-state index in [2.05, 4.69) is 68.4 Å². The molecule has 1 unspecified atom stereocenters. The maximum atomic E-state index is 13.6. The molecule has 1 aromatic carbocycles. The minimum atomic E-state index is 0.163. The second-order valence-electron chi connectivity index (χ2n) is 9.45. The van der Waals surface area contributed by atoms with Crippen molar-refractivity contribution in [2.45, 2.75) is 59.0 Å². The maximum absolute atomic E-state index is 13.6. The number of hydrogen-bond acceptors (Lipinski definition) is 3. The van der Waals surface area contributed by atoms with Gasteiger partial charge in [0.2, 0.25) is 0 Å². The van der Waals surface area contributed by atoms with E-state index >= 15 is 0 Å². The lowest BCUT2D eigenvalue weighted by atomic mass is 9.94. The van der Waals surface area contributed by atoms with Gasteiger partial charge in [0.25, 0.3) is 5.91 Å². The molecule has 6 heteroatoms. The van der Waals surface area contributed by atoms with Gasteiger partial charge in [-0.25, -0.2) is 0 Å². The van der Waals surface area contributed by atoms with Gasteiger partial charge in [0.1, 0.15) is 12.2 Å². The van der Waals surface area contributed by atoms with Crippen LogP contribution in [0.4, 0.5) is 0 Å². The second-order valence-corrected chi connectivity index (χ2v) is 9.45. The standard InChI is InChI=1S/C26H33N5O/c1-3-31-19(2)23(15-24(31)22-9-5-4-6-10-22)26(32)29-13-7-8-21(17-29)14-25-28-27-18-30(25)16-20-11-12-20/h4-6,9-10,15,18,20-21H,3,7-8,11-14,16-17H2,1-2H3. The van der Waals surface area contributed by atoms with E-state index in [4.69, 9.17) is 0 Å². The molecule has 3 heterocycles. The minimum Gasteiger partial charge on any atom is -0.344 e. The molecule has 168 valence electrons. The molecule has 0 N–H and O–H groups in total. The average molecular weight is 432 g/mol. The summed E-state index contributed by atoms with van der Waals surface area (Å²) in [7, 11) is 0. The Bertz CT molecular complexity index is 1080. The SMILES string of the molecule is CCn1c(-c2ccccc2)cc(C(=O)N2CCCC(Cc3nncn3CC3CC3)C2)c1C. The largest absolute Gasteiger partial charge is 0.344 e. The Hall–Kier alpha value is -2.89. The summed E-state index contributed by atoms with van der Waals surface area (Å²) in [6.07, 6.45) is 7.62. The highest BCUT2D eigenvalue weighted by atomic mass is 16.2. The molecule has 1 aliphatic carbocycles. The van der Waals surface area contributed by atoms with Gasteiger partial charge in [-0.3, -0.25) is 4.79 Å². The molecular formula is C26H33N5O. The van der Waals surface area contributed by atoms with Crippen LogP contribution >= 0.6 is 0 Å². The number of aromatic nitrogens is 4. The van der Waals surface area contributed by atoms with Crippen LogP contribution in [0.5, 0.6) is 0 Å². The van der Waals surface area contributed by atoms with E-state index in [9.17, 15) is 4.79 Å². The zero-order valence-electron chi connectivity index (χ0n) is 19.2. The highest BCUT2D eigenvalue weighted by Crippen LogP contribution is 2.32. The monoisotopic (exact) mass is 431 g/mol. The van der Waals surface area contributed by atoms with Crippen molar-refractivity contribution >= 4 is 5.91 Å². The molecule has 1 saturated heterocycles. The van der Waals surface area contributed by atoms with Gasteiger partial charge >= 0.3 is 0 Å². The summed E-state index contributed by atoms with van der Waals surface area (Å²) >= 11 is 0. The summed E-state index contributed by atoms with van der Waals surface area (Å²) in [5.41, 5.74) is 4.17. The van der Waals surface area contributed by atoms with Crippen molar-refractivity contribution in [2.75, 3.05) is 13.1 Å². The Morgan fingerprint density at radius 3 is 2.69 bits per heavy atom. The molecular weight excluding hydrogens is 398 g/mol. The van der Waals surface area contributed by atoms with Gasteiger partial charge in [-0.15, -0.1) is 10.2 Å². The molecule has 1 aliphatic heterocycles. The van der Waals surface area contributed by atoms with Crippen LogP contribution in [0.15, 0.2) is 42.7 Å². The topological polar surface area (TPSA) is 56.0 Å². The smallest absolute Gasteiger partial charge is 0.255 e. The zero-order valence-corrected chi connectivity index (χ0v) is 19.2. The summed E-state index contributed by atoms with van der Waals surface area (Å²) < 4.78 is 4.49. The van der Waals surface area contributed by atoms with Crippen molar-refractivity contribution in [2.24, 2.45) is 11.8 Å². The van der Waals surface area contributed by atoms with Gasteiger partial charge in [0.15, 0.2) is 0 Å². The zero-order chi connectivity index (χ0) is 22.1. The molecule has 6 nitrogen and oxygen atoms in total. The van der Waals surface area contributed by atoms with Gasteiger partial charge in [-0.2, -0.15) is 0 Å². The number of benzene rings is 1. The first-order valence-corrected chi connectivity index (χ1v) is 12.1. The van der Waals surface area contributed by atoms with Crippen LogP contribution in [0, 0.1) is 18.8 Å². The highest BCUT2D eigenvalue weighted by Gasteiger charge is 2.29. The van der Waals surface area contributed by atoms with Crippen LogP contribution in [-0.2, 0) is 19.5 Å². The first kappa shape index (κ1) is 21.0. The fraction of sp³-hybridized carbons (Fsp3) is 0.500. The molecule has 0 radical (unpaired) electrons. The predicted molar refractivity (Wildman–Crippen MR) is 125 cm³/mol. The fourth-order valence-electron chi connectivity index (χ4n) is 5.13. The number of carbonyl (C=O) groups is 1. The van der Waals surface area contributed by atoms with E-state index in [1.807, 2.05) is 12.4 Å². The molecule has 5 rings (SSSR count). The van der Waals surface area contributed by atoms with Crippen molar-refractivity contribution in [1.29, 1.82) is 0 Å². The van der Waals surface area contributed by atoms with Crippen LogP contribution in [0.2, 0.25) is 0 Å². The van der Waals surface area contributed by atoms with Crippen LogP contribution in [0.3, 0.4) is 0 Å². The summed E-state index contributed by atoms with van der Waals surface area (Å²) in [5, 5.41) is 8.56. The molecule has 3 aromatic rings. The molecule has 2 aromatic heterocycles. The third-order valence-electron chi connectivity index (χ3n) is 7.11. The van der Waals surface area contributed by atoms with Gasteiger partial charge in [0.05, 0.1) is 5.56 Å². The summed E-state index contributed by atoms with van der Waals surface area (Å²) in [4.78, 5) is 15.6. The van der Waals surface area contributed by atoms with E-state index in [0.29, 0.717) is 5.92 Å². The van der Waals surface area contributed by atoms with Crippen molar-refractivity contribution in [1.82, 2.24) is 24.2 Å². The first-order valence-electron chi connectivity index (χ1n) is 12.1. The summed E-state index contributed by atoms with van der Waals surface area (Å²) in [6, 6.07) is 12.5. The van der Waals surface area contributed by atoms with Gasteiger partial charge in [-0.05, 0) is 63.0 Å². The van der Waals surface area contributed by atoms with Crippen LogP contribution in [0.25, 0.3) is 11.3 Å². The Labute approximate surface area is 190 Å². The van der Waals surface area contributed by atoms with Gasteiger partial charge in [-0.1, -0.05) is 30.3 Å². The average Bonchev–Trinajstić information content (AvgIpc) is 3.44. The van der Waals surface area contributed by atoms with E-state index in [1.54, 1.807) is 0 Å². The Balaban J connectivity index is 1.32. The quantitative estimate of drug-likeness (QED) is 0.550. The number of rotatable bonds is 7. The van der Waals surface area contributed by atoms with E-state index < -0.39 is 0 Å². The number of nitrogens with zero attached hydrogens (tertiary/aromatic N) is 5. The molecule has 32 heavy (non-hydrogen) atoms. The van der Waals surface area contributed by atoms with Crippen molar-refractivity contribution in [3.05, 3.63) is 59.8 Å². The van der Waals surface area contributed by atoms with Gasteiger partial charge < -0.3 is 14.0 Å². The van der Waals surface area contributed by atoms with Crippen LogP contribution in [-0.4, -0.2) is 43.2 Å². The lowest BCUT2D eigenvalue weighted by Crippen LogP contribution is -2.41. The van der Waals surface area contributed by atoms with Crippen molar-refractivity contribution in [3.63, 3.8) is 0 Å². The Morgan fingerprint density at radius 1 is 1.12 bits per heavy atom. The third-order valence-corrected chi connectivity index (χ3v) is 7.11. The molecule has 1 amide bonds. The molecule has 0 spiro atoms. The maximum Gasteiger partial charge on any atom is 0.255 e. The molecule has 2 fully saturated rings. The Morgan fingerprint density at radius 2 is 1.94 bits per heavy atom. The highest BCUT2D eigenvalue weighted by molar-refractivity contribution is 5.97. The molecule has 0 bridgehead atoms. The second kappa shape index (κ2) is 8.93. The first-order chi connectivity index (χ1) is 15.6. The van der Waals surface area contributed by atoms with E-state index in [0.717, 1.165) is 79.7 Å². The lowest BCUT2D eigenvalue weighted by Gasteiger charge is -2.32. The van der Waals surface area contributed by atoms with E-state index in [-0.39, 0.29) is 5.91 Å². The molecule has 1 atom stereocenters. The number of likely N-dealkylation sites (tertiary alicyclic amines) is 1. The van der Waals surface area contributed by atoms with Crippen molar-refractivity contribution < 1.29 is 4.79 Å². The van der Waals surface area contributed by atoms with Crippen LogP contribution < -0.4 is 0 Å². The third kappa shape index (κ3) is 4.23. The Kier molecular flexibility index (Phi) is 5.85. The summed E-state index contributed by atoms with van der Waals surface area (Å²) in [6.45, 7) is 7.74. The number of piperidine rings is 1. The number of hydrogen-bond donors (Lipinski definition) is 0. The number of carbonyl (C=O) groups excluding carboxylic acids is 1.